The fraction of sp³-hybridized carbons (Fsp3) is 0.167. The number of aromatic nitrogens is 1. The van der Waals surface area contributed by atoms with Gasteiger partial charge >= 0.3 is 5.97 Å². The van der Waals surface area contributed by atoms with Crippen LogP contribution in [0.2, 0.25) is 5.02 Å². The van der Waals surface area contributed by atoms with Crippen LogP contribution in [0.15, 0.2) is 30.3 Å². The van der Waals surface area contributed by atoms with Crippen LogP contribution in [0.3, 0.4) is 0 Å². The first-order valence-electron chi connectivity index (χ1n) is 5.02. The molecule has 0 radical (unpaired) electrons. The molecular formula is C12H10ClNO3. The Balaban J connectivity index is 2.32. The maximum Gasteiger partial charge on any atom is 0.344 e. The number of carboxylic acid groups (broad SMARTS) is 1. The molecule has 1 aromatic carbocycles. The van der Waals surface area contributed by atoms with E-state index in [0.717, 1.165) is 5.39 Å². The minimum Gasteiger partial charge on any atom is -0.479 e. The number of benzene rings is 1. The second kappa shape index (κ2) is 4.59. The zero-order chi connectivity index (χ0) is 12.4. The molecule has 5 heteroatoms. The monoisotopic (exact) mass is 251 g/mol. The predicted molar refractivity (Wildman–Crippen MR) is 64.5 cm³/mol. The highest BCUT2D eigenvalue weighted by Gasteiger charge is 2.13. The third kappa shape index (κ3) is 2.65. The Morgan fingerprint density at radius 3 is 2.88 bits per heavy atom. The van der Waals surface area contributed by atoms with Crippen LogP contribution >= 0.6 is 11.6 Å². The Kier molecular flexibility index (Phi) is 3.15. The standard InChI is InChI=1S/C12H10ClNO3/c1-7(12(15)16)17-11-5-2-8-6-9(13)3-4-10(8)14-11/h2-7H,1H3,(H,15,16)/t7-/m1/s1. The minimum atomic E-state index is -1.02. The van der Waals surface area contributed by atoms with Crippen molar-refractivity contribution in [3.05, 3.63) is 35.4 Å². The number of aliphatic carboxylic acids is 1. The first-order valence-corrected chi connectivity index (χ1v) is 5.40. The SMILES string of the molecule is C[C@@H](Oc1ccc2cc(Cl)ccc2n1)C(=O)O. The van der Waals surface area contributed by atoms with E-state index < -0.39 is 12.1 Å². The predicted octanol–water partition coefficient (Wildman–Crippen LogP) is 2.74. The third-order valence-electron chi connectivity index (χ3n) is 2.27. The first kappa shape index (κ1) is 11.7. The quantitative estimate of drug-likeness (QED) is 0.911. The van der Waals surface area contributed by atoms with Crippen LogP contribution in [-0.2, 0) is 4.79 Å². The van der Waals surface area contributed by atoms with Crippen molar-refractivity contribution in [2.45, 2.75) is 13.0 Å². The second-order valence-corrected chi connectivity index (χ2v) is 4.02. The molecule has 0 saturated heterocycles. The Labute approximate surface area is 103 Å². The molecule has 17 heavy (non-hydrogen) atoms. The molecule has 2 rings (SSSR count). The summed E-state index contributed by atoms with van der Waals surface area (Å²) in [5, 5.41) is 10.2. The highest BCUT2D eigenvalue weighted by atomic mass is 35.5. The fourth-order valence-electron chi connectivity index (χ4n) is 1.37. The van der Waals surface area contributed by atoms with Crippen molar-refractivity contribution in [2.24, 2.45) is 0 Å². The van der Waals surface area contributed by atoms with Gasteiger partial charge in [0, 0.05) is 16.5 Å². The van der Waals surface area contributed by atoms with Crippen molar-refractivity contribution in [3.8, 4) is 5.88 Å². The van der Waals surface area contributed by atoms with E-state index in [1.807, 2.05) is 0 Å². The van der Waals surface area contributed by atoms with Gasteiger partial charge in [-0.25, -0.2) is 9.78 Å². The number of hydrogen-bond donors (Lipinski definition) is 1. The number of fused-ring (bicyclic) bond motifs is 1. The highest BCUT2D eigenvalue weighted by molar-refractivity contribution is 6.31. The van der Waals surface area contributed by atoms with Crippen LogP contribution in [0.5, 0.6) is 5.88 Å². The van der Waals surface area contributed by atoms with Gasteiger partial charge in [-0.1, -0.05) is 11.6 Å². The molecule has 1 atom stereocenters. The summed E-state index contributed by atoms with van der Waals surface area (Å²) in [4.78, 5) is 14.8. The van der Waals surface area contributed by atoms with Gasteiger partial charge in [-0.3, -0.25) is 0 Å². The van der Waals surface area contributed by atoms with E-state index in [9.17, 15) is 4.79 Å². The molecule has 0 bridgehead atoms. The summed E-state index contributed by atoms with van der Waals surface area (Å²) in [6.45, 7) is 1.45. The summed E-state index contributed by atoms with van der Waals surface area (Å²) in [6.07, 6.45) is -0.924. The van der Waals surface area contributed by atoms with E-state index in [2.05, 4.69) is 4.98 Å². The topological polar surface area (TPSA) is 59.4 Å². The summed E-state index contributed by atoms with van der Waals surface area (Å²) < 4.78 is 5.17. The lowest BCUT2D eigenvalue weighted by Crippen LogP contribution is -2.23. The van der Waals surface area contributed by atoms with Gasteiger partial charge in [0.05, 0.1) is 5.52 Å². The molecule has 0 aliphatic rings. The van der Waals surface area contributed by atoms with Gasteiger partial charge in [0.25, 0.3) is 0 Å². The minimum absolute atomic E-state index is 0.287. The van der Waals surface area contributed by atoms with E-state index in [0.29, 0.717) is 10.5 Å². The van der Waals surface area contributed by atoms with Crippen molar-refractivity contribution in [3.63, 3.8) is 0 Å². The molecular weight excluding hydrogens is 242 g/mol. The van der Waals surface area contributed by atoms with Gasteiger partial charge in [0.1, 0.15) is 0 Å². The summed E-state index contributed by atoms with van der Waals surface area (Å²) in [5.74, 6) is -0.738. The van der Waals surface area contributed by atoms with Crippen LogP contribution in [-0.4, -0.2) is 22.2 Å². The van der Waals surface area contributed by atoms with Gasteiger partial charge in [-0.05, 0) is 31.2 Å². The Morgan fingerprint density at radius 1 is 1.41 bits per heavy atom. The lowest BCUT2D eigenvalue weighted by atomic mass is 10.2. The molecule has 1 N–H and O–H groups in total. The highest BCUT2D eigenvalue weighted by Crippen LogP contribution is 2.21. The van der Waals surface area contributed by atoms with Crippen LogP contribution < -0.4 is 4.74 Å². The number of ether oxygens (including phenoxy) is 1. The Bertz CT molecular complexity index is 571. The molecule has 1 aromatic heterocycles. The molecule has 2 aromatic rings. The van der Waals surface area contributed by atoms with E-state index in [1.165, 1.54) is 6.92 Å². The molecule has 88 valence electrons. The number of nitrogens with zero attached hydrogens (tertiary/aromatic N) is 1. The van der Waals surface area contributed by atoms with Gasteiger partial charge in [-0.15, -0.1) is 0 Å². The van der Waals surface area contributed by atoms with E-state index >= 15 is 0 Å². The number of pyridine rings is 1. The summed E-state index contributed by atoms with van der Waals surface area (Å²) in [5.41, 5.74) is 0.712. The fourth-order valence-corrected chi connectivity index (χ4v) is 1.56. The van der Waals surface area contributed by atoms with Crippen molar-refractivity contribution < 1.29 is 14.6 Å². The number of rotatable bonds is 3. The molecule has 0 saturated carbocycles. The zero-order valence-corrected chi connectivity index (χ0v) is 9.81. The van der Waals surface area contributed by atoms with Gasteiger partial charge < -0.3 is 9.84 Å². The average molecular weight is 252 g/mol. The largest absolute Gasteiger partial charge is 0.479 e. The summed E-state index contributed by atoms with van der Waals surface area (Å²) in [6, 6.07) is 8.68. The van der Waals surface area contributed by atoms with Crippen LogP contribution in [0.1, 0.15) is 6.92 Å². The molecule has 0 spiro atoms. The Hall–Kier alpha value is -1.81. The zero-order valence-electron chi connectivity index (χ0n) is 9.05. The number of halogens is 1. The molecule has 0 aliphatic carbocycles. The molecule has 4 nitrogen and oxygen atoms in total. The lowest BCUT2D eigenvalue weighted by molar-refractivity contribution is -0.144. The maximum atomic E-state index is 10.6. The maximum absolute atomic E-state index is 10.6. The van der Waals surface area contributed by atoms with E-state index in [1.54, 1.807) is 30.3 Å². The molecule has 0 amide bonds. The lowest BCUT2D eigenvalue weighted by Gasteiger charge is -2.09. The number of hydrogen-bond acceptors (Lipinski definition) is 3. The molecule has 1 heterocycles. The second-order valence-electron chi connectivity index (χ2n) is 3.58. The molecule has 0 unspecified atom stereocenters. The van der Waals surface area contributed by atoms with Crippen molar-refractivity contribution in [1.29, 1.82) is 0 Å². The Morgan fingerprint density at radius 2 is 2.18 bits per heavy atom. The van der Waals surface area contributed by atoms with Crippen molar-refractivity contribution in [2.75, 3.05) is 0 Å². The number of carboxylic acids is 1. The van der Waals surface area contributed by atoms with Crippen molar-refractivity contribution >= 4 is 28.5 Å². The summed E-state index contributed by atoms with van der Waals surface area (Å²) in [7, 11) is 0. The third-order valence-corrected chi connectivity index (χ3v) is 2.51. The van der Waals surface area contributed by atoms with Crippen LogP contribution in [0, 0.1) is 0 Å². The van der Waals surface area contributed by atoms with Gasteiger partial charge in [0.2, 0.25) is 5.88 Å². The van der Waals surface area contributed by atoms with Crippen LogP contribution in [0.25, 0.3) is 10.9 Å². The van der Waals surface area contributed by atoms with Gasteiger partial charge in [-0.2, -0.15) is 0 Å². The summed E-state index contributed by atoms with van der Waals surface area (Å²) >= 11 is 5.85. The van der Waals surface area contributed by atoms with Gasteiger partial charge in [0.15, 0.2) is 6.10 Å². The molecule has 0 aliphatic heterocycles. The van der Waals surface area contributed by atoms with E-state index in [-0.39, 0.29) is 5.88 Å². The molecule has 0 fully saturated rings. The first-order chi connectivity index (χ1) is 8.06. The average Bonchev–Trinajstić information content (AvgIpc) is 2.29. The smallest absolute Gasteiger partial charge is 0.344 e. The normalized spacial score (nSPS) is 12.4. The number of carbonyl (C=O) groups is 1. The van der Waals surface area contributed by atoms with E-state index in [4.69, 9.17) is 21.4 Å². The van der Waals surface area contributed by atoms with Crippen LogP contribution in [0.4, 0.5) is 0 Å². The van der Waals surface area contributed by atoms with Crippen molar-refractivity contribution in [1.82, 2.24) is 4.98 Å².